The molecule has 4 aliphatic carbocycles. The van der Waals surface area contributed by atoms with E-state index in [0.717, 1.165) is 60.2 Å². The van der Waals surface area contributed by atoms with Crippen LogP contribution in [0, 0.1) is 34.4 Å². The molecule has 1 amide bonds. The molecule has 0 spiro atoms. The van der Waals surface area contributed by atoms with E-state index in [1.54, 1.807) is 0 Å². The summed E-state index contributed by atoms with van der Waals surface area (Å²) in [7, 11) is 0. The van der Waals surface area contributed by atoms with Crippen molar-refractivity contribution in [2.75, 3.05) is 13.1 Å². The van der Waals surface area contributed by atoms with Crippen LogP contribution < -0.4 is 0 Å². The number of carbonyl (C=O) groups excluding carboxylic acids is 1. The summed E-state index contributed by atoms with van der Waals surface area (Å²) in [5.74, 6) is 5.75. The summed E-state index contributed by atoms with van der Waals surface area (Å²) in [5, 5.41) is 7.53. The van der Waals surface area contributed by atoms with Crippen molar-refractivity contribution in [1.82, 2.24) is 19.7 Å². The molecule has 6 rings (SSSR count). The van der Waals surface area contributed by atoms with Gasteiger partial charge in [-0.2, -0.15) is 5.10 Å². The predicted octanol–water partition coefficient (Wildman–Crippen LogP) is 3.27. The van der Waals surface area contributed by atoms with Crippen molar-refractivity contribution in [1.29, 1.82) is 0 Å². The minimum absolute atomic E-state index is 0.392. The van der Waals surface area contributed by atoms with Crippen LogP contribution in [-0.2, 0) is 4.79 Å². The molecule has 5 aliphatic rings. The monoisotopic (exact) mass is 358 g/mol. The number of likely N-dealkylation sites (tertiary alicyclic amines) is 1. The summed E-state index contributed by atoms with van der Waals surface area (Å²) < 4.78 is 3.03. The SMILES string of the molecule is O=C(C1C2C3CCC(C3)C12)N1CCC(c2n[nH]c(=S)n2C2CC2)CC1. The minimum atomic E-state index is 0.392. The maximum Gasteiger partial charge on any atom is 0.226 e. The fourth-order valence-corrected chi connectivity index (χ4v) is 6.80. The van der Waals surface area contributed by atoms with E-state index in [1.807, 2.05) is 0 Å². The molecular formula is C19H26N4OS. The Morgan fingerprint density at radius 1 is 1.04 bits per heavy atom. The summed E-state index contributed by atoms with van der Waals surface area (Å²) in [6.45, 7) is 1.80. The number of hydrogen-bond donors (Lipinski definition) is 1. The molecule has 1 aromatic rings. The van der Waals surface area contributed by atoms with Gasteiger partial charge in [0, 0.05) is 31.0 Å². The maximum absolute atomic E-state index is 13.0. The standard InChI is InChI=1S/C19H26N4OS/c24-18(16-14-11-1-2-12(9-11)15(14)16)22-7-5-10(6-8-22)17-20-21-19(25)23(17)13-3-4-13/h10-16H,1-9H2,(H,21,25). The van der Waals surface area contributed by atoms with Gasteiger partial charge in [0.2, 0.25) is 5.91 Å². The number of aromatic amines is 1. The number of amides is 1. The lowest BCUT2D eigenvalue weighted by atomic mass is 9.94. The highest BCUT2D eigenvalue weighted by molar-refractivity contribution is 7.71. The highest BCUT2D eigenvalue weighted by Gasteiger charge is 2.68. The lowest BCUT2D eigenvalue weighted by Gasteiger charge is -2.32. The Hall–Kier alpha value is -1.17. The van der Waals surface area contributed by atoms with Crippen molar-refractivity contribution in [2.45, 2.75) is 56.9 Å². The normalized spacial score (nSPS) is 39.7. The average Bonchev–Trinajstić information content (AvgIpc) is 3.50. The summed E-state index contributed by atoms with van der Waals surface area (Å²) in [5.41, 5.74) is 0. The Morgan fingerprint density at radius 3 is 2.36 bits per heavy atom. The molecule has 1 aliphatic heterocycles. The quantitative estimate of drug-likeness (QED) is 0.844. The highest BCUT2D eigenvalue weighted by Crippen LogP contribution is 2.69. The molecule has 0 aromatic carbocycles. The van der Waals surface area contributed by atoms with Gasteiger partial charge < -0.3 is 9.47 Å². The number of nitrogens with one attached hydrogen (secondary N) is 1. The van der Waals surface area contributed by atoms with Crippen LogP contribution in [0.5, 0.6) is 0 Å². The van der Waals surface area contributed by atoms with Gasteiger partial charge in [0.25, 0.3) is 0 Å². The third kappa shape index (κ3) is 2.15. The number of fused-ring (bicyclic) bond motifs is 5. The fourth-order valence-electron chi connectivity index (χ4n) is 6.51. The van der Waals surface area contributed by atoms with Crippen LogP contribution in [-0.4, -0.2) is 38.7 Å². The van der Waals surface area contributed by atoms with Gasteiger partial charge in [0.1, 0.15) is 5.82 Å². The Bertz CT molecular complexity index is 757. The molecule has 6 heteroatoms. The smallest absolute Gasteiger partial charge is 0.226 e. The van der Waals surface area contributed by atoms with Crippen molar-refractivity contribution in [3.8, 4) is 0 Å². The minimum Gasteiger partial charge on any atom is -0.342 e. The van der Waals surface area contributed by atoms with Crippen LogP contribution in [0.2, 0.25) is 0 Å². The van der Waals surface area contributed by atoms with Crippen molar-refractivity contribution in [3.63, 3.8) is 0 Å². The molecule has 4 saturated carbocycles. The third-order valence-electron chi connectivity index (χ3n) is 7.84. The molecule has 5 nitrogen and oxygen atoms in total. The van der Waals surface area contributed by atoms with Crippen LogP contribution in [0.4, 0.5) is 0 Å². The summed E-state index contributed by atoms with van der Waals surface area (Å²) in [6, 6.07) is 0.572. The van der Waals surface area contributed by atoms with E-state index in [2.05, 4.69) is 19.7 Å². The van der Waals surface area contributed by atoms with Gasteiger partial charge >= 0.3 is 0 Å². The Balaban J connectivity index is 1.13. The number of hydrogen-bond acceptors (Lipinski definition) is 3. The van der Waals surface area contributed by atoms with E-state index in [9.17, 15) is 4.79 Å². The van der Waals surface area contributed by atoms with E-state index in [-0.39, 0.29) is 0 Å². The second-order valence-electron chi connectivity index (χ2n) is 9.10. The van der Waals surface area contributed by atoms with Gasteiger partial charge in [0.05, 0.1) is 0 Å². The molecule has 1 N–H and O–H groups in total. The molecule has 1 aromatic heterocycles. The fraction of sp³-hybridized carbons (Fsp3) is 0.842. The van der Waals surface area contributed by atoms with Crippen molar-refractivity contribution in [2.24, 2.45) is 29.6 Å². The number of aromatic nitrogens is 3. The lowest BCUT2D eigenvalue weighted by Crippen LogP contribution is -2.40. The first kappa shape index (κ1) is 14.9. The van der Waals surface area contributed by atoms with Gasteiger partial charge in [-0.1, -0.05) is 0 Å². The van der Waals surface area contributed by atoms with Crippen molar-refractivity contribution >= 4 is 18.1 Å². The first-order valence-electron chi connectivity index (χ1n) is 10.2. The third-order valence-corrected chi connectivity index (χ3v) is 8.12. The molecule has 4 unspecified atom stereocenters. The van der Waals surface area contributed by atoms with Crippen LogP contribution in [0.3, 0.4) is 0 Å². The molecule has 0 radical (unpaired) electrons. The zero-order valence-corrected chi connectivity index (χ0v) is 15.4. The second kappa shape index (κ2) is 5.18. The Kier molecular flexibility index (Phi) is 3.10. The topological polar surface area (TPSA) is 53.9 Å². The molecule has 4 atom stereocenters. The lowest BCUT2D eigenvalue weighted by molar-refractivity contribution is -0.134. The number of nitrogens with zero attached hydrogens (tertiary/aromatic N) is 3. The maximum atomic E-state index is 13.0. The zero-order chi connectivity index (χ0) is 16.7. The first-order chi connectivity index (χ1) is 12.2. The number of piperidine rings is 1. The molecule has 2 heterocycles. The van der Waals surface area contributed by atoms with Gasteiger partial charge in [0.15, 0.2) is 4.77 Å². The van der Waals surface area contributed by atoms with Crippen molar-refractivity contribution in [3.05, 3.63) is 10.6 Å². The molecule has 1 saturated heterocycles. The summed E-state index contributed by atoms with van der Waals surface area (Å²) in [4.78, 5) is 15.2. The average molecular weight is 359 g/mol. The van der Waals surface area contributed by atoms with Crippen LogP contribution >= 0.6 is 12.2 Å². The predicted molar refractivity (Wildman–Crippen MR) is 95.5 cm³/mol. The molecule has 134 valence electrons. The van der Waals surface area contributed by atoms with Crippen LogP contribution in [0.25, 0.3) is 0 Å². The van der Waals surface area contributed by atoms with E-state index < -0.39 is 0 Å². The van der Waals surface area contributed by atoms with Crippen LogP contribution in [0.1, 0.15) is 62.7 Å². The largest absolute Gasteiger partial charge is 0.342 e. The number of H-pyrrole nitrogens is 1. The van der Waals surface area contributed by atoms with Gasteiger partial charge in [-0.25, -0.2) is 0 Å². The number of carbonyl (C=O) groups is 1. The van der Waals surface area contributed by atoms with Gasteiger partial charge in [-0.3, -0.25) is 9.89 Å². The van der Waals surface area contributed by atoms with Crippen LogP contribution in [0.15, 0.2) is 0 Å². The summed E-state index contributed by atoms with van der Waals surface area (Å²) >= 11 is 5.42. The Labute approximate surface area is 153 Å². The van der Waals surface area contributed by atoms with E-state index in [4.69, 9.17) is 12.2 Å². The summed E-state index contributed by atoms with van der Waals surface area (Å²) in [6.07, 6.45) is 8.73. The van der Waals surface area contributed by atoms with E-state index in [0.29, 0.717) is 23.8 Å². The first-order valence-corrected chi connectivity index (χ1v) is 10.6. The molecular weight excluding hydrogens is 332 g/mol. The molecule has 25 heavy (non-hydrogen) atoms. The van der Waals surface area contributed by atoms with Crippen molar-refractivity contribution < 1.29 is 4.79 Å². The Morgan fingerprint density at radius 2 is 1.72 bits per heavy atom. The highest BCUT2D eigenvalue weighted by atomic mass is 32.1. The molecule has 2 bridgehead atoms. The van der Waals surface area contributed by atoms with Gasteiger partial charge in [-0.15, -0.1) is 0 Å². The molecule has 5 fully saturated rings. The van der Waals surface area contributed by atoms with Gasteiger partial charge in [-0.05, 0) is 80.8 Å². The van der Waals surface area contributed by atoms with E-state index >= 15 is 0 Å². The zero-order valence-electron chi connectivity index (χ0n) is 14.6. The second-order valence-corrected chi connectivity index (χ2v) is 9.49. The van der Waals surface area contributed by atoms with E-state index in [1.165, 1.54) is 32.1 Å². The number of rotatable bonds is 3.